The summed E-state index contributed by atoms with van der Waals surface area (Å²) in [4.78, 5) is 45.0. The molecular weight excluding hydrogens is 336 g/mol. The maximum absolute atomic E-state index is 11.7. The topological polar surface area (TPSA) is 86.7 Å². The molecule has 0 amide bonds. The van der Waals surface area contributed by atoms with Crippen molar-refractivity contribution in [1.82, 2.24) is 0 Å². The monoisotopic (exact) mass is 362 g/mol. The molecular formula is C20H26O6. The van der Waals surface area contributed by atoms with E-state index in [1.807, 2.05) is 0 Å². The zero-order valence-corrected chi connectivity index (χ0v) is 15.4. The number of rotatable bonds is 12. The van der Waals surface area contributed by atoms with Crippen LogP contribution in [0.1, 0.15) is 65.2 Å². The third kappa shape index (κ3) is 10.4. The van der Waals surface area contributed by atoms with Crippen molar-refractivity contribution in [1.29, 1.82) is 0 Å². The Balaban J connectivity index is 2.29. The molecule has 0 aliphatic rings. The van der Waals surface area contributed by atoms with Gasteiger partial charge in [-0.25, -0.2) is 0 Å². The lowest BCUT2D eigenvalue weighted by molar-refractivity contribution is -0.135. The molecule has 0 unspecified atom stereocenters. The molecule has 0 bridgehead atoms. The van der Waals surface area contributed by atoms with Gasteiger partial charge in [-0.3, -0.25) is 9.59 Å². The van der Waals surface area contributed by atoms with Crippen molar-refractivity contribution < 1.29 is 28.7 Å². The highest BCUT2D eigenvalue weighted by atomic mass is 16.5. The molecule has 6 nitrogen and oxygen atoms in total. The Morgan fingerprint density at radius 2 is 0.923 bits per heavy atom. The lowest BCUT2D eigenvalue weighted by Crippen LogP contribution is -2.09. The van der Waals surface area contributed by atoms with Crippen molar-refractivity contribution in [2.75, 3.05) is 0 Å². The number of hydrogen-bond donors (Lipinski definition) is 0. The number of ketones is 2. The quantitative estimate of drug-likeness (QED) is 0.319. The molecule has 0 saturated carbocycles. The molecule has 26 heavy (non-hydrogen) atoms. The van der Waals surface area contributed by atoms with E-state index >= 15 is 0 Å². The van der Waals surface area contributed by atoms with Crippen molar-refractivity contribution >= 4 is 23.5 Å². The van der Waals surface area contributed by atoms with Crippen LogP contribution >= 0.6 is 0 Å². The first-order valence-corrected chi connectivity index (χ1v) is 8.87. The summed E-state index contributed by atoms with van der Waals surface area (Å²) in [6, 6.07) is 6.25. The summed E-state index contributed by atoms with van der Waals surface area (Å²) in [5, 5.41) is 0. The fourth-order valence-corrected chi connectivity index (χ4v) is 2.23. The number of carbonyl (C=O) groups excluding carboxylic acids is 4. The second-order valence-corrected chi connectivity index (χ2v) is 6.24. The van der Waals surface area contributed by atoms with Crippen LogP contribution in [-0.2, 0) is 19.2 Å². The van der Waals surface area contributed by atoms with Crippen LogP contribution in [-0.4, -0.2) is 23.5 Å². The highest BCUT2D eigenvalue weighted by Gasteiger charge is 2.08. The predicted molar refractivity (Wildman–Crippen MR) is 96.0 cm³/mol. The largest absolute Gasteiger partial charge is 0.427 e. The van der Waals surface area contributed by atoms with Gasteiger partial charge >= 0.3 is 11.9 Å². The lowest BCUT2D eigenvalue weighted by Gasteiger charge is -2.07. The van der Waals surface area contributed by atoms with Crippen LogP contribution in [0.4, 0.5) is 0 Å². The molecule has 0 aromatic heterocycles. The predicted octanol–water partition coefficient (Wildman–Crippen LogP) is 3.80. The number of Topliss-reactive ketones (excluding diaryl/α,β-unsaturated/α-hetero) is 2. The Hall–Kier alpha value is -2.50. The molecule has 0 saturated heterocycles. The molecule has 0 aliphatic carbocycles. The van der Waals surface area contributed by atoms with Gasteiger partial charge in [0.25, 0.3) is 0 Å². The van der Waals surface area contributed by atoms with E-state index in [0.717, 1.165) is 0 Å². The maximum Gasteiger partial charge on any atom is 0.311 e. The second-order valence-electron chi connectivity index (χ2n) is 6.24. The van der Waals surface area contributed by atoms with E-state index in [1.54, 1.807) is 24.3 Å². The summed E-state index contributed by atoms with van der Waals surface area (Å²) in [7, 11) is 0. The van der Waals surface area contributed by atoms with Gasteiger partial charge in [-0.2, -0.15) is 0 Å². The van der Waals surface area contributed by atoms with Gasteiger partial charge in [0.2, 0.25) is 0 Å². The summed E-state index contributed by atoms with van der Waals surface area (Å²) in [6.07, 6.45) is 4.02. The summed E-state index contributed by atoms with van der Waals surface area (Å²) in [5.41, 5.74) is 0. The van der Waals surface area contributed by atoms with Crippen molar-refractivity contribution in [3.63, 3.8) is 0 Å². The van der Waals surface area contributed by atoms with Crippen molar-refractivity contribution in [2.45, 2.75) is 65.2 Å². The van der Waals surface area contributed by atoms with Gasteiger partial charge < -0.3 is 19.1 Å². The molecule has 0 N–H and O–H groups in total. The first-order valence-electron chi connectivity index (χ1n) is 8.87. The average molecular weight is 362 g/mol. The smallest absolute Gasteiger partial charge is 0.311 e. The minimum atomic E-state index is -0.358. The molecule has 1 aromatic rings. The minimum Gasteiger partial charge on any atom is -0.427 e. The van der Waals surface area contributed by atoms with Crippen LogP contribution in [0.15, 0.2) is 24.3 Å². The molecule has 0 aliphatic heterocycles. The Morgan fingerprint density at radius 3 is 1.23 bits per heavy atom. The summed E-state index contributed by atoms with van der Waals surface area (Å²) < 4.78 is 10.4. The Bertz CT molecular complexity index is 563. The minimum absolute atomic E-state index is 0.113. The lowest BCUT2D eigenvalue weighted by atomic mass is 10.1. The number of unbranched alkanes of at least 4 members (excludes halogenated alkanes) is 2. The number of hydrogen-bond acceptors (Lipinski definition) is 6. The zero-order chi connectivity index (χ0) is 19.4. The Morgan fingerprint density at radius 1 is 0.615 bits per heavy atom. The van der Waals surface area contributed by atoms with Gasteiger partial charge in [-0.1, -0.05) is 0 Å². The van der Waals surface area contributed by atoms with E-state index in [9.17, 15) is 19.2 Å². The zero-order valence-electron chi connectivity index (χ0n) is 15.4. The van der Waals surface area contributed by atoms with Gasteiger partial charge in [0.15, 0.2) is 0 Å². The molecule has 0 fully saturated rings. The molecule has 6 heteroatoms. The van der Waals surface area contributed by atoms with Gasteiger partial charge in [0.1, 0.15) is 23.1 Å². The first kappa shape index (κ1) is 21.5. The number of esters is 2. The second kappa shape index (κ2) is 12.0. The third-order valence-electron chi connectivity index (χ3n) is 3.61. The molecule has 0 heterocycles. The third-order valence-corrected chi connectivity index (χ3v) is 3.61. The molecule has 1 rings (SSSR count). The highest BCUT2D eigenvalue weighted by Crippen LogP contribution is 2.19. The normalized spacial score (nSPS) is 10.2. The van der Waals surface area contributed by atoms with Crippen LogP contribution < -0.4 is 9.47 Å². The average Bonchev–Trinajstić information content (AvgIpc) is 2.57. The Labute approximate surface area is 153 Å². The molecule has 1 aromatic carbocycles. The van der Waals surface area contributed by atoms with Crippen LogP contribution in [0.3, 0.4) is 0 Å². The maximum atomic E-state index is 11.7. The van der Waals surface area contributed by atoms with Crippen LogP contribution in [0.25, 0.3) is 0 Å². The number of benzene rings is 1. The van der Waals surface area contributed by atoms with Crippen molar-refractivity contribution in [2.24, 2.45) is 0 Å². The molecule has 142 valence electrons. The molecule has 0 atom stereocenters. The van der Waals surface area contributed by atoms with Gasteiger partial charge in [-0.05, 0) is 63.8 Å². The van der Waals surface area contributed by atoms with E-state index < -0.39 is 0 Å². The van der Waals surface area contributed by atoms with E-state index in [0.29, 0.717) is 50.0 Å². The SMILES string of the molecule is CC(=O)CCCCC(=O)Oc1ccc(OC(=O)CCCCC(C)=O)cc1. The molecule has 0 spiro atoms. The summed E-state index contributed by atoms with van der Waals surface area (Å²) in [6.45, 7) is 3.05. The van der Waals surface area contributed by atoms with E-state index in [-0.39, 0.29) is 36.3 Å². The van der Waals surface area contributed by atoms with E-state index in [4.69, 9.17) is 9.47 Å². The van der Waals surface area contributed by atoms with E-state index in [1.165, 1.54) is 13.8 Å². The van der Waals surface area contributed by atoms with Crippen LogP contribution in [0.2, 0.25) is 0 Å². The fourth-order valence-electron chi connectivity index (χ4n) is 2.23. The van der Waals surface area contributed by atoms with Gasteiger partial charge in [0, 0.05) is 25.7 Å². The van der Waals surface area contributed by atoms with Crippen molar-refractivity contribution in [3.05, 3.63) is 24.3 Å². The van der Waals surface area contributed by atoms with Gasteiger partial charge in [0.05, 0.1) is 0 Å². The summed E-state index contributed by atoms with van der Waals surface area (Å²) >= 11 is 0. The standard InChI is InChI=1S/C20H26O6/c1-15(21)7-3-5-9-19(23)25-17-11-13-18(14-12-17)26-20(24)10-6-4-8-16(2)22/h11-14H,3-10H2,1-2H3. The van der Waals surface area contributed by atoms with Gasteiger partial charge in [-0.15, -0.1) is 0 Å². The Kier molecular flexibility index (Phi) is 9.90. The number of carbonyl (C=O) groups is 4. The number of ether oxygens (including phenoxy) is 2. The first-order chi connectivity index (χ1) is 12.4. The molecule has 0 radical (unpaired) electrons. The van der Waals surface area contributed by atoms with E-state index in [2.05, 4.69) is 0 Å². The summed E-state index contributed by atoms with van der Waals surface area (Å²) in [5.74, 6) is 0.267. The fraction of sp³-hybridized carbons (Fsp3) is 0.500. The van der Waals surface area contributed by atoms with Crippen LogP contribution in [0, 0.1) is 0 Å². The van der Waals surface area contributed by atoms with Crippen LogP contribution in [0.5, 0.6) is 11.5 Å². The van der Waals surface area contributed by atoms with Crippen molar-refractivity contribution in [3.8, 4) is 11.5 Å². The highest BCUT2D eigenvalue weighted by molar-refractivity contribution is 5.76.